The molecule has 2 aromatic rings. The first-order chi connectivity index (χ1) is 12.5. The van der Waals surface area contributed by atoms with Gasteiger partial charge >= 0.3 is 0 Å². The summed E-state index contributed by atoms with van der Waals surface area (Å²) in [7, 11) is 1.64. The number of rotatable bonds is 5. The highest BCUT2D eigenvalue weighted by Gasteiger charge is 2.25. The number of hydrogen-bond donors (Lipinski definition) is 1. The zero-order valence-electron chi connectivity index (χ0n) is 14.8. The van der Waals surface area contributed by atoms with Crippen LogP contribution in [-0.2, 0) is 0 Å². The van der Waals surface area contributed by atoms with E-state index in [9.17, 15) is 10.1 Å². The third kappa shape index (κ3) is 3.76. The minimum absolute atomic E-state index is 0.0192. The molecule has 1 saturated heterocycles. The fourth-order valence-electron chi connectivity index (χ4n) is 3.21. The number of hydrogen-bond acceptors (Lipinski definition) is 5. The number of nitrogens with zero attached hydrogens (tertiary/aromatic N) is 2. The minimum Gasteiger partial charge on any atom is -0.495 e. The number of ketones is 1. The Bertz CT molecular complexity index is 876. The quantitative estimate of drug-likeness (QED) is 0.803. The summed E-state index contributed by atoms with van der Waals surface area (Å²) in [5.41, 5.74) is 2.79. The first-order valence-corrected chi connectivity index (χ1v) is 8.79. The molecular formula is C20H20ClN3O2. The van der Waals surface area contributed by atoms with Gasteiger partial charge in [0, 0.05) is 29.7 Å². The lowest BCUT2D eigenvalue weighted by Crippen LogP contribution is -2.26. The van der Waals surface area contributed by atoms with Crippen LogP contribution in [0.2, 0.25) is 5.02 Å². The number of carbonyl (C=O) groups is 1. The molecule has 0 radical (unpaired) electrons. The molecule has 0 aromatic heterocycles. The van der Waals surface area contributed by atoms with E-state index in [0.717, 1.165) is 30.9 Å². The van der Waals surface area contributed by atoms with Gasteiger partial charge in [0.2, 0.25) is 0 Å². The predicted octanol–water partition coefficient (Wildman–Crippen LogP) is 4.11. The number of nitrogens with one attached hydrogen (secondary N) is 1. The smallest absolute Gasteiger partial charge is 0.159 e. The highest BCUT2D eigenvalue weighted by molar-refractivity contribution is 6.30. The van der Waals surface area contributed by atoms with E-state index < -0.39 is 0 Å². The topological polar surface area (TPSA) is 65.4 Å². The minimum atomic E-state index is -0.0192. The normalized spacial score (nSPS) is 16.2. The summed E-state index contributed by atoms with van der Waals surface area (Å²) in [5, 5.41) is 13.4. The zero-order chi connectivity index (χ0) is 18.7. The van der Waals surface area contributed by atoms with Crippen LogP contribution in [0.1, 0.15) is 29.3 Å². The molecule has 0 saturated carbocycles. The van der Waals surface area contributed by atoms with Gasteiger partial charge in [-0.15, -0.1) is 0 Å². The summed E-state index contributed by atoms with van der Waals surface area (Å²) in [6, 6.07) is 13.0. The summed E-state index contributed by atoms with van der Waals surface area (Å²) in [6.45, 7) is 3.13. The lowest BCUT2D eigenvalue weighted by Gasteiger charge is -2.22. The molecule has 0 bridgehead atoms. The van der Waals surface area contributed by atoms with E-state index in [1.807, 2.05) is 18.2 Å². The number of halogens is 1. The molecular weight excluding hydrogens is 350 g/mol. The highest BCUT2D eigenvalue weighted by Crippen LogP contribution is 2.34. The van der Waals surface area contributed by atoms with Crippen molar-refractivity contribution < 1.29 is 9.53 Å². The van der Waals surface area contributed by atoms with Crippen LogP contribution < -0.4 is 15.0 Å². The molecule has 1 fully saturated rings. The number of methoxy groups -OCH3 is 1. The van der Waals surface area contributed by atoms with Gasteiger partial charge in [-0.2, -0.15) is 5.26 Å². The van der Waals surface area contributed by atoms with Gasteiger partial charge in [0.1, 0.15) is 11.8 Å². The van der Waals surface area contributed by atoms with Crippen molar-refractivity contribution in [3.8, 4) is 11.8 Å². The van der Waals surface area contributed by atoms with Crippen LogP contribution in [0.25, 0.3) is 0 Å². The van der Waals surface area contributed by atoms with Crippen molar-refractivity contribution in [3.05, 3.63) is 52.5 Å². The van der Waals surface area contributed by atoms with Crippen LogP contribution in [0.4, 0.5) is 11.4 Å². The molecule has 0 aliphatic carbocycles. The van der Waals surface area contributed by atoms with E-state index in [-0.39, 0.29) is 11.8 Å². The van der Waals surface area contributed by atoms with E-state index in [1.54, 1.807) is 25.3 Å². The van der Waals surface area contributed by atoms with Gasteiger partial charge in [-0.05, 0) is 49.7 Å². The largest absolute Gasteiger partial charge is 0.495 e. The molecule has 5 nitrogen and oxygen atoms in total. The van der Waals surface area contributed by atoms with E-state index in [1.165, 1.54) is 6.92 Å². The Morgan fingerprint density at radius 2 is 2.15 bits per heavy atom. The molecule has 2 aromatic carbocycles. The lowest BCUT2D eigenvalue weighted by atomic mass is 10.1. The Morgan fingerprint density at radius 3 is 2.85 bits per heavy atom. The maximum absolute atomic E-state index is 11.6. The molecule has 26 heavy (non-hydrogen) atoms. The number of carbonyl (C=O) groups excluding carboxylic acids is 1. The maximum atomic E-state index is 11.6. The molecule has 1 aliphatic rings. The maximum Gasteiger partial charge on any atom is 0.159 e. The SMILES string of the molecule is COc1ccc(Cl)cc1N1CCC(Nc2cc(C(C)=O)ccc2C#N)C1. The van der Waals surface area contributed by atoms with Gasteiger partial charge in [0.05, 0.1) is 24.0 Å². The average molecular weight is 370 g/mol. The van der Waals surface area contributed by atoms with Crippen molar-refractivity contribution in [1.29, 1.82) is 5.26 Å². The van der Waals surface area contributed by atoms with E-state index in [4.69, 9.17) is 16.3 Å². The summed E-state index contributed by atoms with van der Waals surface area (Å²) < 4.78 is 5.44. The third-order valence-corrected chi connectivity index (χ3v) is 4.81. The van der Waals surface area contributed by atoms with Crippen molar-refractivity contribution in [2.24, 2.45) is 0 Å². The Hall–Kier alpha value is -2.71. The third-order valence-electron chi connectivity index (χ3n) is 4.58. The van der Waals surface area contributed by atoms with E-state index in [2.05, 4.69) is 16.3 Å². The van der Waals surface area contributed by atoms with Gasteiger partial charge in [0.15, 0.2) is 5.78 Å². The second-order valence-corrected chi connectivity index (χ2v) is 6.76. The van der Waals surface area contributed by atoms with E-state index >= 15 is 0 Å². The van der Waals surface area contributed by atoms with Gasteiger partial charge in [-0.3, -0.25) is 4.79 Å². The van der Waals surface area contributed by atoms with Crippen molar-refractivity contribution in [2.45, 2.75) is 19.4 Å². The second kappa shape index (κ2) is 7.67. The Kier molecular flexibility index (Phi) is 5.34. The fraction of sp³-hybridized carbons (Fsp3) is 0.300. The number of ether oxygens (including phenoxy) is 1. The summed E-state index contributed by atoms with van der Waals surface area (Å²) in [5.74, 6) is 0.764. The summed E-state index contributed by atoms with van der Waals surface area (Å²) >= 11 is 6.14. The summed E-state index contributed by atoms with van der Waals surface area (Å²) in [4.78, 5) is 13.8. The van der Waals surface area contributed by atoms with Crippen LogP contribution in [0, 0.1) is 11.3 Å². The molecule has 3 rings (SSSR count). The van der Waals surface area contributed by atoms with Crippen molar-refractivity contribution in [2.75, 3.05) is 30.4 Å². The highest BCUT2D eigenvalue weighted by atomic mass is 35.5. The number of benzene rings is 2. The van der Waals surface area contributed by atoms with Crippen LogP contribution in [0.3, 0.4) is 0 Å². The number of Topliss-reactive ketones (excluding diaryl/α,β-unsaturated/α-hetero) is 1. The first-order valence-electron chi connectivity index (χ1n) is 8.42. The summed E-state index contributed by atoms with van der Waals surface area (Å²) in [6.07, 6.45) is 0.908. The van der Waals surface area contributed by atoms with E-state index in [0.29, 0.717) is 21.8 Å². The van der Waals surface area contributed by atoms with Gasteiger partial charge in [0.25, 0.3) is 0 Å². The van der Waals surface area contributed by atoms with Crippen LogP contribution in [0.15, 0.2) is 36.4 Å². The Balaban J connectivity index is 1.78. The molecule has 1 unspecified atom stereocenters. The monoisotopic (exact) mass is 369 g/mol. The van der Waals surface area contributed by atoms with Gasteiger partial charge in [-0.25, -0.2) is 0 Å². The molecule has 1 aliphatic heterocycles. The van der Waals surface area contributed by atoms with Crippen LogP contribution >= 0.6 is 11.6 Å². The van der Waals surface area contributed by atoms with Gasteiger partial charge < -0.3 is 15.0 Å². The standard InChI is InChI=1S/C20H20ClN3O2/c1-13(25)14-3-4-15(11-22)18(9-14)23-17-7-8-24(12-17)19-10-16(21)5-6-20(19)26-2/h3-6,9-10,17,23H,7-8,12H2,1-2H3. The molecule has 1 atom stereocenters. The van der Waals surface area contributed by atoms with Crippen LogP contribution in [-0.4, -0.2) is 32.0 Å². The molecule has 0 amide bonds. The molecule has 1 heterocycles. The second-order valence-electron chi connectivity index (χ2n) is 6.32. The zero-order valence-corrected chi connectivity index (χ0v) is 15.5. The first kappa shape index (κ1) is 18.1. The van der Waals surface area contributed by atoms with Crippen molar-refractivity contribution in [3.63, 3.8) is 0 Å². The molecule has 134 valence electrons. The van der Waals surface area contributed by atoms with Crippen molar-refractivity contribution in [1.82, 2.24) is 0 Å². The van der Waals surface area contributed by atoms with Gasteiger partial charge in [-0.1, -0.05) is 11.6 Å². The predicted molar refractivity (Wildman–Crippen MR) is 103 cm³/mol. The van der Waals surface area contributed by atoms with Crippen molar-refractivity contribution >= 4 is 28.8 Å². The Morgan fingerprint density at radius 1 is 1.35 bits per heavy atom. The molecule has 6 heteroatoms. The lowest BCUT2D eigenvalue weighted by molar-refractivity contribution is 0.101. The number of nitriles is 1. The average Bonchev–Trinajstić information content (AvgIpc) is 3.10. The van der Waals surface area contributed by atoms with Crippen LogP contribution in [0.5, 0.6) is 5.75 Å². The fourth-order valence-corrected chi connectivity index (χ4v) is 3.37. The Labute approximate surface area is 158 Å². The molecule has 0 spiro atoms. The molecule has 1 N–H and O–H groups in total. The number of anilines is 2.